The predicted octanol–water partition coefficient (Wildman–Crippen LogP) is 3.92. The summed E-state index contributed by atoms with van der Waals surface area (Å²) in [6.07, 6.45) is 7.54. The van der Waals surface area contributed by atoms with E-state index in [-0.39, 0.29) is 5.57 Å². The molecule has 0 aliphatic heterocycles. The molecule has 2 rings (SSSR count). The summed E-state index contributed by atoms with van der Waals surface area (Å²) in [7, 11) is 0. The minimum Gasteiger partial charge on any atom is -0.297 e. The zero-order chi connectivity index (χ0) is 13.8. The first-order chi connectivity index (χ1) is 9.13. The number of hydrogen-bond acceptors (Lipinski definition) is 3. The zero-order valence-electron chi connectivity index (χ0n) is 11.0. The highest BCUT2D eigenvalue weighted by atomic mass is 32.1. The second kappa shape index (κ2) is 5.81. The molecule has 1 atom stereocenters. The van der Waals surface area contributed by atoms with Crippen molar-refractivity contribution in [1.29, 1.82) is 5.26 Å². The summed E-state index contributed by atoms with van der Waals surface area (Å²) in [5, 5.41) is 10.9. The van der Waals surface area contributed by atoms with Gasteiger partial charge < -0.3 is 0 Å². The maximum Gasteiger partial charge on any atom is 0.160 e. The Bertz CT molecular complexity index is 625. The summed E-state index contributed by atoms with van der Waals surface area (Å²) in [6, 6.07) is 4.06. The molecule has 0 fully saturated rings. The molecule has 1 unspecified atom stereocenters. The average Bonchev–Trinajstić information content (AvgIpc) is 2.83. The van der Waals surface area contributed by atoms with E-state index in [4.69, 9.17) is 5.26 Å². The van der Waals surface area contributed by atoms with Gasteiger partial charge in [0.1, 0.15) is 6.07 Å². The zero-order valence-corrected chi connectivity index (χ0v) is 11.8. The predicted molar refractivity (Wildman–Crippen MR) is 78.7 cm³/mol. The Kier molecular flexibility index (Phi) is 4.13. The molecule has 0 saturated heterocycles. The lowest BCUT2D eigenvalue weighted by Crippen LogP contribution is -2.06. The molecule has 1 aromatic heterocycles. The fourth-order valence-corrected chi connectivity index (χ4v) is 3.10. The molecule has 0 radical (unpaired) electrons. The standard InChI is InChI=1S/C16H15NOS/c1-11(5-13(9-17)10-18)6-15-8-16-14(3-4-19-16)7-12(15)2/h3-6,8,10,12H,7H2,1-2H3/b11-6+,13-5+. The van der Waals surface area contributed by atoms with E-state index >= 15 is 0 Å². The van der Waals surface area contributed by atoms with Crippen LogP contribution in [-0.2, 0) is 11.2 Å². The SMILES string of the molecule is CC(/C=C(\C#N)C=O)=C\C1=Cc2sccc2CC1C. The number of carbonyl (C=O) groups excluding carboxylic acids is 1. The third-order valence-corrected chi connectivity index (χ3v) is 4.11. The van der Waals surface area contributed by atoms with E-state index in [0.717, 1.165) is 12.0 Å². The summed E-state index contributed by atoms with van der Waals surface area (Å²) in [5.41, 5.74) is 3.76. The quantitative estimate of drug-likeness (QED) is 0.361. The summed E-state index contributed by atoms with van der Waals surface area (Å²) >= 11 is 1.75. The van der Waals surface area contributed by atoms with Crippen molar-refractivity contribution in [3.05, 3.63) is 50.8 Å². The van der Waals surface area contributed by atoms with Crippen LogP contribution in [0.3, 0.4) is 0 Å². The molecule has 2 nitrogen and oxygen atoms in total. The van der Waals surface area contributed by atoms with Gasteiger partial charge >= 0.3 is 0 Å². The number of nitriles is 1. The van der Waals surface area contributed by atoms with Crippen molar-refractivity contribution in [2.75, 3.05) is 0 Å². The van der Waals surface area contributed by atoms with Crippen LogP contribution in [-0.4, -0.2) is 6.29 Å². The molecule has 0 saturated carbocycles. The Labute approximate surface area is 117 Å². The molecule has 1 heterocycles. The monoisotopic (exact) mass is 269 g/mol. The van der Waals surface area contributed by atoms with E-state index in [9.17, 15) is 4.79 Å². The van der Waals surface area contributed by atoms with Gasteiger partial charge in [0.05, 0.1) is 5.57 Å². The Morgan fingerprint density at radius 3 is 3.05 bits per heavy atom. The number of hydrogen-bond donors (Lipinski definition) is 0. The third-order valence-electron chi connectivity index (χ3n) is 3.21. The fourth-order valence-electron chi connectivity index (χ4n) is 2.21. The molecule has 19 heavy (non-hydrogen) atoms. The second-order valence-corrected chi connectivity index (χ2v) is 5.72. The van der Waals surface area contributed by atoms with Crippen molar-refractivity contribution in [1.82, 2.24) is 0 Å². The number of nitrogens with zero attached hydrogens (tertiary/aromatic N) is 1. The maximum atomic E-state index is 10.6. The van der Waals surface area contributed by atoms with Crippen LogP contribution in [0.25, 0.3) is 6.08 Å². The van der Waals surface area contributed by atoms with Crippen LogP contribution in [0.4, 0.5) is 0 Å². The van der Waals surface area contributed by atoms with Crippen LogP contribution in [0.1, 0.15) is 24.3 Å². The van der Waals surface area contributed by atoms with E-state index in [1.54, 1.807) is 17.4 Å². The largest absolute Gasteiger partial charge is 0.297 e. The topological polar surface area (TPSA) is 40.9 Å². The van der Waals surface area contributed by atoms with Crippen LogP contribution in [0.15, 0.2) is 40.3 Å². The van der Waals surface area contributed by atoms with Gasteiger partial charge in [-0.3, -0.25) is 4.79 Å². The number of thiophene rings is 1. The Hall–Kier alpha value is -1.92. The number of rotatable bonds is 3. The molecule has 0 N–H and O–H groups in total. The van der Waals surface area contributed by atoms with Crippen molar-refractivity contribution in [3.63, 3.8) is 0 Å². The van der Waals surface area contributed by atoms with E-state index in [2.05, 4.69) is 30.5 Å². The molecule has 1 aromatic rings. The molecule has 0 spiro atoms. The molecule has 96 valence electrons. The van der Waals surface area contributed by atoms with Gasteiger partial charge in [-0.2, -0.15) is 5.26 Å². The Balaban J connectivity index is 2.31. The first-order valence-corrected chi connectivity index (χ1v) is 7.05. The minimum atomic E-state index is 0.162. The van der Waals surface area contributed by atoms with Crippen LogP contribution in [0.5, 0.6) is 0 Å². The van der Waals surface area contributed by atoms with E-state index in [1.807, 2.05) is 13.0 Å². The number of allylic oxidation sites excluding steroid dienone is 5. The van der Waals surface area contributed by atoms with Gasteiger partial charge in [0.15, 0.2) is 6.29 Å². The third kappa shape index (κ3) is 3.10. The van der Waals surface area contributed by atoms with Gasteiger partial charge in [0.2, 0.25) is 0 Å². The van der Waals surface area contributed by atoms with Gasteiger partial charge in [-0.1, -0.05) is 13.0 Å². The number of aldehydes is 1. The Morgan fingerprint density at radius 1 is 1.58 bits per heavy atom. The smallest absolute Gasteiger partial charge is 0.160 e. The summed E-state index contributed by atoms with van der Waals surface area (Å²) in [4.78, 5) is 11.9. The molecular formula is C16H15NOS. The van der Waals surface area contributed by atoms with Crippen LogP contribution < -0.4 is 0 Å². The molecule has 0 bridgehead atoms. The van der Waals surface area contributed by atoms with Crippen molar-refractivity contribution in [3.8, 4) is 6.07 Å². The van der Waals surface area contributed by atoms with Gasteiger partial charge in [-0.05, 0) is 59.6 Å². The number of carbonyl (C=O) groups is 1. The lowest BCUT2D eigenvalue weighted by Gasteiger charge is -2.18. The summed E-state index contributed by atoms with van der Waals surface area (Å²) in [5.74, 6) is 0.465. The maximum absolute atomic E-state index is 10.6. The van der Waals surface area contributed by atoms with Gasteiger partial charge in [-0.15, -0.1) is 11.3 Å². The van der Waals surface area contributed by atoms with Crippen LogP contribution in [0, 0.1) is 17.2 Å². The highest BCUT2D eigenvalue weighted by Gasteiger charge is 2.16. The van der Waals surface area contributed by atoms with Crippen LogP contribution in [0.2, 0.25) is 0 Å². The average molecular weight is 269 g/mol. The van der Waals surface area contributed by atoms with Crippen molar-refractivity contribution in [2.24, 2.45) is 5.92 Å². The minimum absolute atomic E-state index is 0.162. The lowest BCUT2D eigenvalue weighted by molar-refractivity contribution is -0.104. The van der Waals surface area contributed by atoms with Gasteiger partial charge in [0, 0.05) is 4.88 Å². The van der Waals surface area contributed by atoms with Crippen LogP contribution >= 0.6 is 11.3 Å². The van der Waals surface area contributed by atoms with E-state index < -0.39 is 0 Å². The van der Waals surface area contributed by atoms with Crippen molar-refractivity contribution >= 4 is 23.7 Å². The molecule has 0 aromatic carbocycles. The normalized spacial score (nSPS) is 19.4. The van der Waals surface area contributed by atoms with Gasteiger partial charge in [0.25, 0.3) is 0 Å². The summed E-state index contributed by atoms with van der Waals surface area (Å²) < 4.78 is 0. The molecular weight excluding hydrogens is 254 g/mol. The number of fused-ring (bicyclic) bond motifs is 1. The highest BCUT2D eigenvalue weighted by Crippen LogP contribution is 2.32. The van der Waals surface area contributed by atoms with E-state index in [0.29, 0.717) is 12.2 Å². The first kappa shape index (κ1) is 13.5. The summed E-state index contributed by atoms with van der Waals surface area (Å²) in [6.45, 7) is 4.11. The lowest BCUT2D eigenvalue weighted by atomic mass is 9.87. The van der Waals surface area contributed by atoms with Crippen molar-refractivity contribution < 1.29 is 4.79 Å². The molecule has 0 amide bonds. The van der Waals surface area contributed by atoms with Gasteiger partial charge in [-0.25, -0.2) is 0 Å². The Morgan fingerprint density at radius 2 is 2.37 bits per heavy atom. The van der Waals surface area contributed by atoms with E-state index in [1.165, 1.54) is 16.0 Å². The molecule has 3 heteroatoms. The fraction of sp³-hybridized carbons (Fsp3) is 0.250. The first-order valence-electron chi connectivity index (χ1n) is 6.17. The molecule has 1 aliphatic rings. The molecule has 1 aliphatic carbocycles. The second-order valence-electron chi connectivity index (χ2n) is 4.78. The van der Waals surface area contributed by atoms with Crippen molar-refractivity contribution in [2.45, 2.75) is 20.3 Å². The highest BCUT2D eigenvalue weighted by molar-refractivity contribution is 7.11.